The smallest absolute Gasteiger partial charge is 0.192 e. The highest BCUT2D eigenvalue weighted by atomic mass is 28.4. The molecule has 1 fully saturated rings. The molecule has 190 valence electrons. The zero-order valence-electron chi connectivity index (χ0n) is 22.5. The van der Waals surface area contributed by atoms with E-state index in [4.69, 9.17) is 13.9 Å². The first-order chi connectivity index (χ1) is 15.6. The molecule has 0 aromatic heterocycles. The van der Waals surface area contributed by atoms with E-state index >= 15 is 0 Å². The first-order valence-electron chi connectivity index (χ1n) is 12.1. The van der Waals surface area contributed by atoms with Crippen molar-refractivity contribution < 1.29 is 23.8 Å². The number of Topliss-reactive ketones (excluding diaryl/α,β-unsaturated/α-hetero) is 1. The van der Waals surface area contributed by atoms with Gasteiger partial charge in [-0.05, 0) is 67.6 Å². The molecule has 0 amide bonds. The van der Waals surface area contributed by atoms with Crippen molar-refractivity contribution in [2.45, 2.75) is 84.4 Å². The molecule has 1 aromatic carbocycles. The number of ether oxygens (including phenoxy) is 2. The summed E-state index contributed by atoms with van der Waals surface area (Å²) in [5.41, 5.74) is 0.866. The van der Waals surface area contributed by atoms with Crippen LogP contribution >= 0.6 is 0 Å². The van der Waals surface area contributed by atoms with Crippen LogP contribution in [0, 0.1) is 11.8 Å². The van der Waals surface area contributed by atoms with E-state index < -0.39 is 19.8 Å². The lowest BCUT2D eigenvalue weighted by atomic mass is 9.82. The first-order valence-corrected chi connectivity index (χ1v) is 15.0. The Bertz CT molecular complexity index is 896. The maximum Gasteiger partial charge on any atom is 0.192 e. The molecule has 0 unspecified atom stereocenters. The largest absolute Gasteiger partial charge is 0.497 e. The van der Waals surface area contributed by atoms with Gasteiger partial charge in [0.25, 0.3) is 0 Å². The predicted molar refractivity (Wildman–Crippen MR) is 141 cm³/mol. The topological polar surface area (TPSA) is 65.0 Å². The summed E-state index contributed by atoms with van der Waals surface area (Å²) in [6.07, 6.45) is 2.11. The van der Waals surface area contributed by atoms with E-state index in [1.807, 2.05) is 37.3 Å². The third-order valence-electron chi connectivity index (χ3n) is 7.34. The second kappa shape index (κ2) is 10.9. The summed E-state index contributed by atoms with van der Waals surface area (Å²) in [4.78, 5) is 13.1. The van der Waals surface area contributed by atoms with E-state index in [0.29, 0.717) is 25.2 Å². The number of hydrogen-bond donors (Lipinski definition) is 1. The van der Waals surface area contributed by atoms with Crippen molar-refractivity contribution in [3.05, 3.63) is 53.6 Å². The quantitative estimate of drug-likeness (QED) is 0.246. The molecule has 5 nitrogen and oxygen atoms in total. The number of hydrogen-bond acceptors (Lipinski definition) is 5. The molecule has 0 saturated heterocycles. The van der Waals surface area contributed by atoms with Crippen LogP contribution < -0.4 is 4.74 Å². The molecule has 1 saturated carbocycles. The average Bonchev–Trinajstić information content (AvgIpc) is 2.97. The summed E-state index contributed by atoms with van der Waals surface area (Å²) in [7, 11) is -0.478. The molecule has 6 heteroatoms. The van der Waals surface area contributed by atoms with Crippen molar-refractivity contribution >= 4 is 14.1 Å². The lowest BCUT2D eigenvalue weighted by Gasteiger charge is -2.41. The van der Waals surface area contributed by atoms with Crippen molar-refractivity contribution in [2.24, 2.45) is 11.8 Å². The van der Waals surface area contributed by atoms with Crippen LogP contribution in [0.15, 0.2) is 48.1 Å². The highest BCUT2D eigenvalue weighted by Crippen LogP contribution is 2.48. The summed E-state index contributed by atoms with van der Waals surface area (Å²) in [5, 5.41) is 11.7. The molecule has 1 aliphatic carbocycles. The number of methoxy groups -OCH3 is 1. The van der Waals surface area contributed by atoms with Gasteiger partial charge in [-0.15, -0.1) is 0 Å². The van der Waals surface area contributed by atoms with Crippen molar-refractivity contribution in [1.29, 1.82) is 0 Å². The van der Waals surface area contributed by atoms with Crippen LogP contribution in [0.25, 0.3) is 0 Å². The van der Waals surface area contributed by atoms with Gasteiger partial charge in [0, 0.05) is 5.92 Å². The molecule has 1 aromatic rings. The Morgan fingerprint density at radius 3 is 2.32 bits per heavy atom. The molecule has 1 aliphatic rings. The van der Waals surface area contributed by atoms with Crippen LogP contribution in [0.2, 0.25) is 18.1 Å². The first kappa shape index (κ1) is 28.5. The molecule has 34 heavy (non-hydrogen) atoms. The van der Waals surface area contributed by atoms with Gasteiger partial charge < -0.3 is 19.0 Å². The highest BCUT2D eigenvalue weighted by Gasteiger charge is 2.57. The maximum absolute atomic E-state index is 13.1. The molecule has 1 N–H and O–H groups in total. The molecule has 0 heterocycles. The molecule has 0 radical (unpaired) electrons. The van der Waals surface area contributed by atoms with Crippen LogP contribution in [0.1, 0.15) is 53.5 Å². The van der Waals surface area contributed by atoms with Gasteiger partial charge in [0.2, 0.25) is 0 Å². The molecular formula is C28H44O5Si. The summed E-state index contributed by atoms with van der Waals surface area (Å²) in [6.45, 7) is 21.4. The third kappa shape index (κ3) is 6.48. The third-order valence-corrected chi connectivity index (χ3v) is 11.8. The van der Waals surface area contributed by atoms with Crippen molar-refractivity contribution in [3.63, 3.8) is 0 Å². The van der Waals surface area contributed by atoms with Crippen LogP contribution in [0.4, 0.5) is 0 Å². The highest BCUT2D eigenvalue weighted by molar-refractivity contribution is 6.74. The van der Waals surface area contributed by atoms with E-state index in [1.165, 1.54) is 0 Å². The lowest BCUT2D eigenvalue weighted by Crippen LogP contribution is -2.49. The zero-order chi connectivity index (χ0) is 25.9. The summed E-state index contributed by atoms with van der Waals surface area (Å²) < 4.78 is 17.9. The van der Waals surface area contributed by atoms with Gasteiger partial charge in [0.05, 0.1) is 26.4 Å². The minimum absolute atomic E-state index is 0.0244. The molecule has 0 spiro atoms. The SMILES string of the molecule is C=C(C)C(=O)[C@@]1(O)C[C@H](C)[C@@H](O[Si](C)(C)C(C)(C)C)[C@@H]1/C=C(\C)COCc1ccc(OC)cc1. The summed E-state index contributed by atoms with van der Waals surface area (Å²) in [5.74, 6) is 0.0976. The number of rotatable bonds is 10. The average molecular weight is 489 g/mol. The van der Waals surface area contributed by atoms with E-state index in [0.717, 1.165) is 16.9 Å². The summed E-state index contributed by atoms with van der Waals surface area (Å²) in [6, 6.07) is 7.77. The van der Waals surface area contributed by atoms with Crippen LogP contribution in [0.3, 0.4) is 0 Å². The number of aliphatic hydroxyl groups is 1. The number of carbonyl (C=O) groups excluding carboxylic acids is 1. The molecule has 2 rings (SSSR count). The Morgan fingerprint density at radius 1 is 1.24 bits per heavy atom. The van der Waals surface area contributed by atoms with Gasteiger partial charge >= 0.3 is 0 Å². The van der Waals surface area contributed by atoms with Crippen LogP contribution in [-0.4, -0.2) is 44.6 Å². The standard InChI is InChI=1S/C28H44O5Si/c1-19(2)26(29)28(30)16-21(4)25(33-34(9,10)27(5,6)7)24(28)15-20(3)17-32-18-22-11-13-23(31-8)14-12-22/h11-15,21,24-25,30H,1,16-18H2,2-10H3/b20-15+/t21-,24-,25+,28+/m0/s1. The Hall–Kier alpha value is -1.73. The van der Waals surface area contributed by atoms with Gasteiger partial charge in [-0.3, -0.25) is 4.79 Å². The lowest BCUT2D eigenvalue weighted by molar-refractivity contribution is -0.136. The number of ketones is 1. The minimum Gasteiger partial charge on any atom is -0.497 e. The van der Waals surface area contributed by atoms with Gasteiger partial charge in [-0.25, -0.2) is 0 Å². The van der Waals surface area contributed by atoms with Crippen molar-refractivity contribution in [2.75, 3.05) is 13.7 Å². The van der Waals surface area contributed by atoms with E-state index in [9.17, 15) is 9.90 Å². The monoisotopic (exact) mass is 488 g/mol. The predicted octanol–water partition coefficient (Wildman–Crippen LogP) is 6.08. The Kier molecular flexibility index (Phi) is 9.14. The fourth-order valence-corrected chi connectivity index (χ4v) is 5.74. The van der Waals surface area contributed by atoms with Crippen LogP contribution in [-0.2, 0) is 20.6 Å². The number of benzene rings is 1. The van der Waals surface area contributed by atoms with Gasteiger partial charge in [-0.2, -0.15) is 0 Å². The zero-order valence-corrected chi connectivity index (χ0v) is 23.5. The Labute approximate surface area is 207 Å². The van der Waals surface area contributed by atoms with E-state index in [1.54, 1.807) is 14.0 Å². The Balaban J connectivity index is 2.25. The van der Waals surface area contributed by atoms with Crippen LogP contribution in [0.5, 0.6) is 5.75 Å². The molecule has 0 bridgehead atoms. The maximum atomic E-state index is 13.1. The molecule has 4 atom stereocenters. The minimum atomic E-state index is -2.12. The summed E-state index contributed by atoms with van der Waals surface area (Å²) >= 11 is 0. The van der Waals surface area contributed by atoms with E-state index in [2.05, 4.69) is 47.4 Å². The number of carbonyl (C=O) groups is 1. The van der Waals surface area contributed by atoms with Gasteiger partial charge in [-0.1, -0.05) is 58.1 Å². The second-order valence-electron chi connectivity index (χ2n) is 11.4. The van der Waals surface area contributed by atoms with Crippen molar-refractivity contribution in [3.8, 4) is 5.75 Å². The molecular weight excluding hydrogens is 444 g/mol. The van der Waals surface area contributed by atoms with Crippen molar-refractivity contribution in [1.82, 2.24) is 0 Å². The fraction of sp³-hybridized carbons (Fsp3) is 0.607. The fourth-order valence-electron chi connectivity index (χ4n) is 4.33. The Morgan fingerprint density at radius 2 is 1.82 bits per heavy atom. The molecule has 0 aliphatic heterocycles. The van der Waals surface area contributed by atoms with E-state index in [-0.39, 0.29) is 22.8 Å². The normalized spacial score (nSPS) is 25.9. The second-order valence-corrected chi connectivity index (χ2v) is 16.2. The van der Waals surface area contributed by atoms with Gasteiger partial charge in [0.1, 0.15) is 11.4 Å². The van der Waals surface area contributed by atoms with Gasteiger partial charge in [0.15, 0.2) is 14.1 Å².